The average molecular weight is 162 g/mol. The highest BCUT2D eigenvalue weighted by atomic mass is 19.2. The molecule has 0 spiro atoms. The van der Waals surface area contributed by atoms with Crippen molar-refractivity contribution in [3.8, 4) is 0 Å². The number of halogens is 4. The van der Waals surface area contributed by atoms with Crippen LogP contribution in [0.3, 0.4) is 0 Å². The Morgan fingerprint density at radius 1 is 0.700 bits per heavy atom. The predicted octanol–water partition coefficient (Wildman–Crippen LogP) is 0.238. The van der Waals surface area contributed by atoms with Gasteiger partial charge in [0.1, 0.15) is 0 Å². The van der Waals surface area contributed by atoms with Crippen LogP contribution in [0.25, 0.3) is 0 Å². The first-order valence-corrected chi connectivity index (χ1v) is 2.39. The monoisotopic (exact) mass is 162 g/mol. The van der Waals surface area contributed by atoms with Crippen molar-refractivity contribution in [3.63, 3.8) is 0 Å². The van der Waals surface area contributed by atoms with E-state index < -0.39 is 25.1 Å². The van der Waals surface area contributed by atoms with E-state index in [0.717, 1.165) is 0 Å². The second kappa shape index (κ2) is 3.72. The third kappa shape index (κ3) is 2.49. The molecule has 0 rings (SSSR count). The highest BCUT2D eigenvalue weighted by molar-refractivity contribution is 4.71. The minimum atomic E-state index is -3.11. The van der Waals surface area contributed by atoms with E-state index in [4.69, 9.17) is 10.2 Å². The van der Waals surface area contributed by atoms with Gasteiger partial charge >= 0.3 is 0 Å². The molecule has 4 unspecified atom stereocenters. The zero-order valence-electron chi connectivity index (χ0n) is 4.72. The van der Waals surface area contributed by atoms with E-state index in [2.05, 4.69) is 0 Å². The molecule has 0 aliphatic heterocycles. The van der Waals surface area contributed by atoms with Crippen LogP contribution in [0.15, 0.2) is 0 Å². The standard InChI is InChI=1S/C4H6F4O2/c5-1(3(7)9)2(6)4(8)10/h1-4,9-10H. The molecule has 0 saturated heterocycles. The van der Waals surface area contributed by atoms with Crippen molar-refractivity contribution in [2.75, 3.05) is 0 Å². The van der Waals surface area contributed by atoms with E-state index in [9.17, 15) is 17.6 Å². The predicted molar refractivity (Wildman–Crippen MR) is 24.0 cm³/mol. The van der Waals surface area contributed by atoms with Gasteiger partial charge < -0.3 is 10.2 Å². The van der Waals surface area contributed by atoms with Gasteiger partial charge in [0.25, 0.3) is 0 Å². The molecule has 6 heteroatoms. The molecule has 2 N–H and O–H groups in total. The van der Waals surface area contributed by atoms with Crippen molar-refractivity contribution in [3.05, 3.63) is 0 Å². The molecule has 0 aromatic rings. The van der Waals surface area contributed by atoms with Gasteiger partial charge in [0, 0.05) is 0 Å². The average Bonchev–Trinajstić information content (AvgIpc) is 1.84. The first-order valence-electron chi connectivity index (χ1n) is 2.39. The van der Waals surface area contributed by atoms with Crippen molar-refractivity contribution in [1.82, 2.24) is 0 Å². The summed E-state index contributed by atoms with van der Waals surface area (Å²) >= 11 is 0. The summed E-state index contributed by atoms with van der Waals surface area (Å²) in [6, 6.07) is 0. The molecule has 2 nitrogen and oxygen atoms in total. The fourth-order valence-electron chi connectivity index (χ4n) is 0.303. The van der Waals surface area contributed by atoms with E-state index in [1.807, 2.05) is 0 Å². The molecule has 0 heterocycles. The van der Waals surface area contributed by atoms with Gasteiger partial charge in [0.2, 0.25) is 12.7 Å². The number of hydrogen-bond donors (Lipinski definition) is 2. The molecule has 0 aliphatic carbocycles. The third-order valence-corrected chi connectivity index (χ3v) is 0.830. The Balaban J connectivity index is 3.81. The number of aliphatic hydroxyl groups is 2. The van der Waals surface area contributed by atoms with Crippen LogP contribution in [0.4, 0.5) is 17.6 Å². The summed E-state index contributed by atoms with van der Waals surface area (Å²) < 4.78 is 46.3. The van der Waals surface area contributed by atoms with Crippen LogP contribution >= 0.6 is 0 Å². The van der Waals surface area contributed by atoms with Crippen molar-refractivity contribution >= 4 is 0 Å². The smallest absolute Gasteiger partial charge is 0.231 e. The molecule has 0 aromatic carbocycles. The van der Waals surface area contributed by atoms with Gasteiger partial charge in [-0.25, -0.2) is 17.6 Å². The molecule has 62 valence electrons. The SMILES string of the molecule is OC(F)C(F)C(F)C(O)F. The van der Waals surface area contributed by atoms with Gasteiger partial charge in [0.15, 0.2) is 12.3 Å². The molecule has 0 aromatic heterocycles. The van der Waals surface area contributed by atoms with Crippen molar-refractivity contribution in [2.24, 2.45) is 0 Å². The molecule has 0 amide bonds. The van der Waals surface area contributed by atoms with Gasteiger partial charge in [-0.2, -0.15) is 0 Å². The molecule has 4 atom stereocenters. The fourth-order valence-corrected chi connectivity index (χ4v) is 0.303. The molecule has 0 aliphatic rings. The van der Waals surface area contributed by atoms with E-state index in [-0.39, 0.29) is 0 Å². The second-order valence-corrected chi connectivity index (χ2v) is 1.63. The van der Waals surface area contributed by atoms with Crippen LogP contribution < -0.4 is 0 Å². The summed E-state index contributed by atoms with van der Waals surface area (Å²) in [5, 5.41) is 15.4. The van der Waals surface area contributed by atoms with Gasteiger partial charge in [-0.05, 0) is 0 Å². The van der Waals surface area contributed by atoms with Crippen LogP contribution in [-0.4, -0.2) is 35.3 Å². The van der Waals surface area contributed by atoms with Crippen LogP contribution in [0.1, 0.15) is 0 Å². The van der Waals surface area contributed by atoms with Gasteiger partial charge in [-0.15, -0.1) is 0 Å². The maximum atomic E-state index is 11.8. The highest BCUT2D eigenvalue weighted by Crippen LogP contribution is 2.13. The zero-order chi connectivity index (χ0) is 8.31. The number of alkyl halides is 4. The first-order chi connectivity index (χ1) is 4.46. The van der Waals surface area contributed by atoms with Crippen LogP contribution in [-0.2, 0) is 0 Å². The minimum absolute atomic E-state index is 3.04. The number of aliphatic hydroxyl groups excluding tert-OH is 2. The van der Waals surface area contributed by atoms with Crippen LogP contribution in [0.5, 0.6) is 0 Å². The van der Waals surface area contributed by atoms with Gasteiger partial charge in [0.05, 0.1) is 0 Å². The van der Waals surface area contributed by atoms with E-state index >= 15 is 0 Å². The maximum Gasteiger partial charge on any atom is 0.231 e. The quantitative estimate of drug-likeness (QED) is 0.583. The molecule has 0 radical (unpaired) electrons. The highest BCUT2D eigenvalue weighted by Gasteiger charge is 2.33. The van der Waals surface area contributed by atoms with Crippen LogP contribution in [0, 0.1) is 0 Å². The molecule has 0 bridgehead atoms. The summed E-state index contributed by atoms with van der Waals surface area (Å²) in [5.41, 5.74) is 0. The summed E-state index contributed by atoms with van der Waals surface area (Å²) in [6.45, 7) is 0. The summed E-state index contributed by atoms with van der Waals surface area (Å²) in [4.78, 5) is 0. The molecular formula is C4H6F4O2. The van der Waals surface area contributed by atoms with Gasteiger partial charge in [-0.1, -0.05) is 0 Å². The van der Waals surface area contributed by atoms with Crippen molar-refractivity contribution in [1.29, 1.82) is 0 Å². The fraction of sp³-hybridized carbons (Fsp3) is 1.00. The molecular weight excluding hydrogens is 156 g/mol. The Labute approximate surface area is 54.1 Å². The van der Waals surface area contributed by atoms with Crippen molar-refractivity contribution < 1.29 is 27.8 Å². The molecule has 10 heavy (non-hydrogen) atoms. The Bertz CT molecular complexity index is 85.3. The summed E-state index contributed by atoms with van der Waals surface area (Å²) in [5.74, 6) is 0. The Morgan fingerprint density at radius 3 is 1.00 bits per heavy atom. The van der Waals surface area contributed by atoms with Crippen molar-refractivity contribution in [2.45, 2.75) is 25.1 Å². The lowest BCUT2D eigenvalue weighted by molar-refractivity contribution is -0.116. The lowest BCUT2D eigenvalue weighted by Gasteiger charge is -2.13. The summed E-state index contributed by atoms with van der Waals surface area (Å²) in [7, 11) is 0. The van der Waals surface area contributed by atoms with Crippen LogP contribution in [0.2, 0.25) is 0 Å². The number of rotatable bonds is 3. The van der Waals surface area contributed by atoms with E-state index in [0.29, 0.717) is 0 Å². The second-order valence-electron chi connectivity index (χ2n) is 1.63. The molecule has 0 fully saturated rings. The normalized spacial score (nSPS) is 23.4. The summed E-state index contributed by atoms with van der Waals surface area (Å²) in [6.07, 6.45) is -12.3. The number of hydrogen-bond acceptors (Lipinski definition) is 2. The lowest BCUT2D eigenvalue weighted by atomic mass is 10.2. The Morgan fingerprint density at radius 2 is 0.900 bits per heavy atom. The topological polar surface area (TPSA) is 40.5 Å². The van der Waals surface area contributed by atoms with E-state index in [1.165, 1.54) is 0 Å². The minimum Gasteiger partial charge on any atom is -0.362 e. The van der Waals surface area contributed by atoms with Gasteiger partial charge in [-0.3, -0.25) is 0 Å². The zero-order valence-corrected chi connectivity index (χ0v) is 4.72. The maximum absolute atomic E-state index is 11.8. The molecule has 0 saturated carbocycles. The first kappa shape index (κ1) is 9.64. The Kier molecular flexibility index (Phi) is 3.59. The third-order valence-electron chi connectivity index (χ3n) is 0.830. The van der Waals surface area contributed by atoms with E-state index in [1.54, 1.807) is 0 Å². The lowest BCUT2D eigenvalue weighted by Crippen LogP contribution is -2.34. The largest absolute Gasteiger partial charge is 0.362 e. The Hall–Kier alpha value is -0.360.